The topological polar surface area (TPSA) is 47.9 Å². The lowest BCUT2D eigenvalue weighted by atomic mass is 10.2. The minimum Gasteiger partial charge on any atom is -0.485 e. The number of hydrogen-bond donors (Lipinski definition) is 1. The van der Waals surface area contributed by atoms with Gasteiger partial charge in [0, 0.05) is 24.0 Å². The molecule has 1 unspecified atom stereocenters. The van der Waals surface area contributed by atoms with Gasteiger partial charge in [0.2, 0.25) is 0 Å². The number of unbranched alkanes of at least 4 members (excludes halogenated alkanes) is 3. The van der Waals surface area contributed by atoms with E-state index in [9.17, 15) is 0 Å². The zero-order valence-electron chi connectivity index (χ0n) is 10.5. The van der Waals surface area contributed by atoms with Crippen LogP contribution in [-0.4, -0.2) is 37.6 Å². The molecule has 1 N–H and O–H groups in total. The highest BCUT2D eigenvalue weighted by Crippen LogP contribution is 2.35. The average Bonchev–Trinajstić information content (AvgIpc) is 2.85. The summed E-state index contributed by atoms with van der Waals surface area (Å²) in [6.45, 7) is 2.18. The highest BCUT2D eigenvalue weighted by Gasteiger charge is 2.21. The molecule has 1 atom stereocenters. The van der Waals surface area contributed by atoms with Crippen LogP contribution in [0.15, 0.2) is 10.8 Å². The number of rotatable bonds is 8. The number of hydrogen-bond acceptors (Lipinski definition) is 5. The molecule has 1 aromatic rings. The second kappa shape index (κ2) is 7.61. The molecule has 0 saturated heterocycles. The van der Waals surface area contributed by atoms with Gasteiger partial charge in [-0.25, -0.2) is 0 Å². The fourth-order valence-electron chi connectivity index (χ4n) is 1.83. The van der Waals surface area contributed by atoms with Gasteiger partial charge >= 0.3 is 0 Å². The van der Waals surface area contributed by atoms with Gasteiger partial charge < -0.3 is 19.3 Å². The summed E-state index contributed by atoms with van der Waals surface area (Å²) in [5, 5.41) is 12.5. The summed E-state index contributed by atoms with van der Waals surface area (Å²) in [6, 6.07) is 0. The molecule has 0 bridgehead atoms. The van der Waals surface area contributed by atoms with Crippen LogP contribution < -0.4 is 9.47 Å². The van der Waals surface area contributed by atoms with Gasteiger partial charge in [-0.1, -0.05) is 12.8 Å². The summed E-state index contributed by atoms with van der Waals surface area (Å²) in [4.78, 5) is 0. The first-order valence-corrected chi connectivity index (χ1v) is 7.38. The van der Waals surface area contributed by atoms with Crippen LogP contribution in [0.3, 0.4) is 0 Å². The molecule has 0 saturated carbocycles. The van der Waals surface area contributed by atoms with E-state index < -0.39 is 0 Å². The van der Waals surface area contributed by atoms with Crippen LogP contribution >= 0.6 is 11.3 Å². The van der Waals surface area contributed by atoms with Crippen molar-refractivity contribution in [1.82, 2.24) is 0 Å². The summed E-state index contributed by atoms with van der Waals surface area (Å²) >= 11 is 1.59. The lowest BCUT2D eigenvalue weighted by Gasteiger charge is -2.24. The predicted octanol–water partition coefficient (Wildman–Crippen LogP) is 2.46. The van der Waals surface area contributed by atoms with Crippen LogP contribution in [0.2, 0.25) is 0 Å². The van der Waals surface area contributed by atoms with Gasteiger partial charge in [-0.2, -0.15) is 0 Å². The Morgan fingerprint density at radius 1 is 1.22 bits per heavy atom. The molecule has 0 fully saturated rings. The Bertz CT molecular complexity index is 339. The number of fused-ring (bicyclic) bond motifs is 1. The third-order valence-corrected chi connectivity index (χ3v) is 3.51. The Morgan fingerprint density at radius 3 is 2.94 bits per heavy atom. The maximum Gasteiger partial charge on any atom is 0.172 e. The molecular weight excluding hydrogens is 252 g/mol. The minimum absolute atomic E-state index is 0.00421. The smallest absolute Gasteiger partial charge is 0.172 e. The van der Waals surface area contributed by atoms with Gasteiger partial charge in [0.05, 0.1) is 6.61 Å². The van der Waals surface area contributed by atoms with E-state index in [0.717, 1.165) is 43.8 Å². The molecule has 1 aliphatic rings. The van der Waals surface area contributed by atoms with E-state index in [2.05, 4.69) is 0 Å². The van der Waals surface area contributed by atoms with Crippen molar-refractivity contribution in [2.45, 2.75) is 31.8 Å². The summed E-state index contributed by atoms with van der Waals surface area (Å²) in [6.07, 6.45) is 4.11. The van der Waals surface area contributed by atoms with Crippen molar-refractivity contribution in [3.63, 3.8) is 0 Å². The summed E-state index contributed by atoms with van der Waals surface area (Å²) in [7, 11) is 0. The second-order valence-corrected chi connectivity index (χ2v) is 5.11. The molecule has 0 spiro atoms. The zero-order valence-corrected chi connectivity index (χ0v) is 11.3. The van der Waals surface area contributed by atoms with E-state index >= 15 is 0 Å². The first-order valence-electron chi connectivity index (χ1n) is 6.44. The van der Waals surface area contributed by atoms with E-state index in [4.69, 9.17) is 19.3 Å². The van der Waals surface area contributed by atoms with Crippen molar-refractivity contribution in [2.75, 3.05) is 26.4 Å². The number of ether oxygens (including phenoxy) is 3. The second-order valence-electron chi connectivity index (χ2n) is 4.36. The molecule has 2 rings (SSSR count). The van der Waals surface area contributed by atoms with Crippen molar-refractivity contribution >= 4 is 11.3 Å². The third-order valence-electron chi connectivity index (χ3n) is 2.81. The monoisotopic (exact) mass is 272 g/mol. The largest absolute Gasteiger partial charge is 0.485 e. The Kier molecular flexibility index (Phi) is 5.77. The molecule has 5 heteroatoms. The van der Waals surface area contributed by atoms with Crippen LogP contribution in [0, 0.1) is 0 Å². The Hall–Kier alpha value is -0.780. The standard InChI is InChI=1S/C13H20O4S/c14-5-3-1-2-4-6-15-7-11-8-16-12-9-18-10-13(12)17-11/h9-11,14H,1-8H2. The molecule has 18 heavy (non-hydrogen) atoms. The fraction of sp³-hybridized carbons (Fsp3) is 0.692. The van der Waals surface area contributed by atoms with Crippen LogP contribution in [-0.2, 0) is 4.74 Å². The number of aliphatic hydroxyl groups is 1. The number of thiophene rings is 1. The van der Waals surface area contributed by atoms with E-state index in [1.165, 1.54) is 0 Å². The van der Waals surface area contributed by atoms with Gasteiger partial charge in [0.25, 0.3) is 0 Å². The maximum absolute atomic E-state index is 8.64. The summed E-state index contributed by atoms with van der Waals surface area (Å²) in [5.74, 6) is 1.68. The molecule has 1 aliphatic heterocycles. The van der Waals surface area contributed by atoms with E-state index in [-0.39, 0.29) is 12.7 Å². The van der Waals surface area contributed by atoms with Crippen molar-refractivity contribution in [3.05, 3.63) is 10.8 Å². The van der Waals surface area contributed by atoms with E-state index in [1.807, 2.05) is 10.8 Å². The van der Waals surface area contributed by atoms with Gasteiger partial charge in [0.1, 0.15) is 6.61 Å². The molecule has 2 heterocycles. The molecule has 0 aromatic carbocycles. The first kappa shape index (κ1) is 13.6. The molecule has 102 valence electrons. The Balaban J connectivity index is 1.53. The molecule has 0 aliphatic carbocycles. The molecule has 0 radical (unpaired) electrons. The molecule has 4 nitrogen and oxygen atoms in total. The SMILES string of the molecule is OCCCCCCOCC1COc2cscc2O1. The molecule has 1 aromatic heterocycles. The van der Waals surface area contributed by atoms with Crippen molar-refractivity contribution in [2.24, 2.45) is 0 Å². The summed E-state index contributed by atoms with van der Waals surface area (Å²) < 4.78 is 16.9. The molecular formula is C13H20O4S. The van der Waals surface area contributed by atoms with Crippen LogP contribution in [0.4, 0.5) is 0 Å². The van der Waals surface area contributed by atoms with E-state index in [1.54, 1.807) is 11.3 Å². The quantitative estimate of drug-likeness (QED) is 0.739. The fourth-order valence-corrected chi connectivity index (χ4v) is 2.50. The van der Waals surface area contributed by atoms with Gasteiger partial charge in [0.15, 0.2) is 17.6 Å². The van der Waals surface area contributed by atoms with Gasteiger partial charge in [-0.3, -0.25) is 0 Å². The summed E-state index contributed by atoms with van der Waals surface area (Å²) in [5.41, 5.74) is 0. The van der Waals surface area contributed by atoms with Gasteiger partial charge in [-0.05, 0) is 12.8 Å². The van der Waals surface area contributed by atoms with Crippen LogP contribution in [0.1, 0.15) is 25.7 Å². The highest BCUT2D eigenvalue weighted by atomic mass is 32.1. The maximum atomic E-state index is 8.64. The zero-order chi connectivity index (χ0) is 12.6. The van der Waals surface area contributed by atoms with E-state index in [0.29, 0.717) is 13.2 Å². The molecule has 0 amide bonds. The highest BCUT2D eigenvalue weighted by molar-refractivity contribution is 7.08. The normalized spacial score (nSPS) is 17.9. The van der Waals surface area contributed by atoms with Crippen LogP contribution in [0.5, 0.6) is 11.5 Å². The predicted molar refractivity (Wildman–Crippen MR) is 70.6 cm³/mol. The third kappa shape index (κ3) is 4.15. The minimum atomic E-state index is 0.00421. The Morgan fingerprint density at radius 2 is 2.06 bits per heavy atom. The van der Waals surface area contributed by atoms with Crippen molar-refractivity contribution in [3.8, 4) is 11.5 Å². The van der Waals surface area contributed by atoms with Gasteiger partial charge in [-0.15, -0.1) is 11.3 Å². The lowest BCUT2D eigenvalue weighted by Crippen LogP contribution is -2.33. The van der Waals surface area contributed by atoms with Crippen molar-refractivity contribution in [1.29, 1.82) is 0 Å². The lowest BCUT2D eigenvalue weighted by molar-refractivity contribution is 0.00838. The first-order chi connectivity index (χ1) is 8.90. The van der Waals surface area contributed by atoms with Crippen molar-refractivity contribution < 1.29 is 19.3 Å². The number of aliphatic hydroxyl groups excluding tert-OH is 1. The van der Waals surface area contributed by atoms with Crippen LogP contribution in [0.25, 0.3) is 0 Å². The Labute approximate surface area is 111 Å². The average molecular weight is 272 g/mol.